The molecule has 2 aromatic rings. The van der Waals surface area contributed by atoms with Gasteiger partial charge in [-0.3, -0.25) is 0 Å². The maximum absolute atomic E-state index is 5.31. The molecule has 0 saturated carbocycles. The van der Waals surface area contributed by atoms with Crippen LogP contribution in [0.25, 0.3) is 0 Å². The SMILES string of the molecule is Cc1cc(C(Br)Cc2cccc(Br)c2)co1. The average Bonchev–Trinajstić information content (AvgIpc) is 2.65. The molecule has 1 aromatic heterocycles. The number of hydrogen-bond donors (Lipinski definition) is 0. The molecule has 84 valence electrons. The van der Waals surface area contributed by atoms with Crippen molar-refractivity contribution in [2.75, 3.05) is 0 Å². The van der Waals surface area contributed by atoms with Gasteiger partial charge in [0, 0.05) is 14.9 Å². The molecule has 1 atom stereocenters. The van der Waals surface area contributed by atoms with Crippen molar-refractivity contribution in [2.45, 2.75) is 18.2 Å². The molecule has 1 heterocycles. The molecule has 1 unspecified atom stereocenters. The summed E-state index contributed by atoms with van der Waals surface area (Å²) in [6, 6.07) is 10.4. The lowest BCUT2D eigenvalue weighted by molar-refractivity contribution is 0.531. The quantitative estimate of drug-likeness (QED) is 0.712. The summed E-state index contributed by atoms with van der Waals surface area (Å²) >= 11 is 7.16. The van der Waals surface area contributed by atoms with E-state index >= 15 is 0 Å². The molecule has 0 saturated heterocycles. The molecule has 0 aliphatic rings. The predicted molar refractivity (Wildman–Crippen MR) is 73.0 cm³/mol. The highest BCUT2D eigenvalue weighted by atomic mass is 79.9. The topological polar surface area (TPSA) is 13.1 Å². The van der Waals surface area contributed by atoms with Crippen LogP contribution in [0.5, 0.6) is 0 Å². The minimum absolute atomic E-state index is 0.305. The van der Waals surface area contributed by atoms with Gasteiger partial charge in [0.2, 0.25) is 0 Å². The Morgan fingerprint density at radius 2 is 2.12 bits per heavy atom. The van der Waals surface area contributed by atoms with Crippen molar-refractivity contribution in [1.82, 2.24) is 0 Å². The van der Waals surface area contributed by atoms with Gasteiger partial charge in [0.05, 0.1) is 6.26 Å². The van der Waals surface area contributed by atoms with E-state index in [1.54, 1.807) is 0 Å². The minimum atomic E-state index is 0.305. The summed E-state index contributed by atoms with van der Waals surface area (Å²) in [4.78, 5) is 0.305. The van der Waals surface area contributed by atoms with Crippen molar-refractivity contribution in [2.24, 2.45) is 0 Å². The summed E-state index contributed by atoms with van der Waals surface area (Å²) in [6.45, 7) is 1.96. The van der Waals surface area contributed by atoms with Gasteiger partial charge >= 0.3 is 0 Å². The van der Waals surface area contributed by atoms with Crippen molar-refractivity contribution >= 4 is 31.9 Å². The van der Waals surface area contributed by atoms with E-state index in [4.69, 9.17) is 4.42 Å². The molecule has 1 aromatic carbocycles. The standard InChI is InChI=1S/C13H12Br2O/c1-9-5-11(8-16-9)13(15)7-10-3-2-4-12(14)6-10/h2-6,8,13H,7H2,1H3. The van der Waals surface area contributed by atoms with Crippen molar-refractivity contribution in [1.29, 1.82) is 0 Å². The second-order valence-corrected chi connectivity index (χ2v) is 5.81. The lowest BCUT2D eigenvalue weighted by Crippen LogP contribution is -1.93. The Labute approximate surface area is 112 Å². The molecule has 0 radical (unpaired) electrons. The summed E-state index contributed by atoms with van der Waals surface area (Å²) < 4.78 is 6.43. The summed E-state index contributed by atoms with van der Waals surface area (Å²) in [5.41, 5.74) is 2.49. The Morgan fingerprint density at radius 3 is 2.75 bits per heavy atom. The molecule has 0 spiro atoms. The van der Waals surface area contributed by atoms with Gasteiger partial charge in [-0.1, -0.05) is 44.0 Å². The first-order valence-corrected chi connectivity index (χ1v) is 6.79. The molecule has 0 amide bonds. The molecular formula is C13H12Br2O. The van der Waals surface area contributed by atoms with E-state index in [2.05, 4.69) is 56.1 Å². The van der Waals surface area contributed by atoms with E-state index in [1.807, 2.05) is 19.3 Å². The zero-order valence-corrected chi connectivity index (χ0v) is 12.1. The predicted octanol–water partition coefficient (Wildman–Crippen LogP) is 5.03. The molecule has 0 fully saturated rings. The van der Waals surface area contributed by atoms with Crippen LogP contribution < -0.4 is 0 Å². The van der Waals surface area contributed by atoms with E-state index in [0.29, 0.717) is 4.83 Å². The first-order valence-electron chi connectivity index (χ1n) is 5.08. The van der Waals surface area contributed by atoms with Gasteiger partial charge in [-0.15, -0.1) is 0 Å². The van der Waals surface area contributed by atoms with Gasteiger partial charge in [-0.05, 0) is 37.1 Å². The Morgan fingerprint density at radius 1 is 1.31 bits per heavy atom. The highest BCUT2D eigenvalue weighted by molar-refractivity contribution is 9.10. The van der Waals surface area contributed by atoms with E-state index in [9.17, 15) is 0 Å². The van der Waals surface area contributed by atoms with Crippen LogP contribution in [0, 0.1) is 6.92 Å². The number of halogens is 2. The van der Waals surface area contributed by atoms with Gasteiger partial charge < -0.3 is 4.42 Å². The zero-order chi connectivity index (χ0) is 11.5. The molecule has 16 heavy (non-hydrogen) atoms. The molecule has 0 aliphatic carbocycles. The maximum atomic E-state index is 5.31. The summed E-state index contributed by atoms with van der Waals surface area (Å²) in [5, 5.41) is 0. The van der Waals surface area contributed by atoms with Crippen LogP contribution in [0.1, 0.15) is 21.7 Å². The van der Waals surface area contributed by atoms with Gasteiger partial charge in [-0.2, -0.15) is 0 Å². The third-order valence-electron chi connectivity index (χ3n) is 2.42. The summed E-state index contributed by atoms with van der Waals surface area (Å²) in [5.74, 6) is 0.952. The second-order valence-electron chi connectivity index (χ2n) is 3.79. The fourth-order valence-electron chi connectivity index (χ4n) is 1.62. The summed E-state index contributed by atoms with van der Waals surface area (Å²) in [6.07, 6.45) is 2.77. The highest BCUT2D eigenvalue weighted by Gasteiger charge is 2.10. The Hall–Kier alpha value is -0.540. The lowest BCUT2D eigenvalue weighted by Gasteiger charge is -2.07. The molecule has 3 heteroatoms. The van der Waals surface area contributed by atoms with Crippen molar-refractivity contribution < 1.29 is 4.42 Å². The van der Waals surface area contributed by atoms with E-state index in [1.165, 1.54) is 11.1 Å². The van der Waals surface area contributed by atoms with E-state index in [0.717, 1.165) is 16.7 Å². The van der Waals surface area contributed by atoms with Crippen LogP contribution in [0.3, 0.4) is 0 Å². The highest BCUT2D eigenvalue weighted by Crippen LogP contribution is 2.29. The second kappa shape index (κ2) is 5.19. The molecule has 0 bridgehead atoms. The number of aryl methyl sites for hydroxylation is 1. The van der Waals surface area contributed by atoms with Gasteiger partial charge in [0.15, 0.2) is 0 Å². The largest absolute Gasteiger partial charge is 0.469 e. The average molecular weight is 344 g/mol. The van der Waals surface area contributed by atoms with Gasteiger partial charge in [0.25, 0.3) is 0 Å². The van der Waals surface area contributed by atoms with Crippen molar-refractivity contribution in [3.8, 4) is 0 Å². The van der Waals surface area contributed by atoms with Crippen LogP contribution >= 0.6 is 31.9 Å². The first-order chi connectivity index (χ1) is 7.65. The summed E-state index contributed by atoms with van der Waals surface area (Å²) in [7, 11) is 0. The van der Waals surface area contributed by atoms with E-state index < -0.39 is 0 Å². The Balaban J connectivity index is 2.10. The zero-order valence-electron chi connectivity index (χ0n) is 8.91. The fourth-order valence-corrected chi connectivity index (χ4v) is 2.68. The number of hydrogen-bond acceptors (Lipinski definition) is 1. The molecule has 1 nitrogen and oxygen atoms in total. The maximum Gasteiger partial charge on any atom is 0.101 e. The molecule has 0 aliphatic heterocycles. The van der Waals surface area contributed by atoms with Crippen LogP contribution in [0.15, 0.2) is 45.5 Å². The van der Waals surface area contributed by atoms with Gasteiger partial charge in [-0.25, -0.2) is 0 Å². The Kier molecular flexibility index (Phi) is 3.87. The van der Waals surface area contributed by atoms with Crippen LogP contribution in [0.2, 0.25) is 0 Å². The minimum Gasteiger partial charge on any atom is -0.469 e. The normalized spacial score (nSPS) is 12.7. The number of furan rings is 1. The molecule has 0 N–H and O–H groups in total. The smallest absolute Gasteiger partial charge is 0.101 e. The lowest BCUT2D eigenvalue weighted by atomic mass is 10.1. The number of alkyl halides is 1. The molecule has 2 rings (SSSR count). The van der Waals surface area contributed by atoms with Gasteiger partial charge in [0.1, 0.15) is 5.76 Å². The fraction of sp³-hybridized carbons (Fsp3) is 0.231. The number of benzene rings is 1. The number of rotatable bonds is 3. The van der Waals surface area contributed by atoms with Crippen molar-refractivity contribution in [3.63, 3.8) is 0 Å². The van der Waals surface area contributed by atoms with E-state index in [-0.39, 0.29) is 0 Å². The Bertz CT molecular complexity index is 476. The monoisotopic (exact) mass is 342 g/mol. The van der Waals surface area contributed by atoms with Crippen LogP contribution in [0.4, 0.5) is 0 Å². The van der Waals surface area contributed by atoms with Crippen LogP contribution in [-0.2, 0) is 6.42 Å². The first kappa shape index (κ1) is 11.9. The van der Waals surface area contributed by atoms with Crippen molar-refractivity contribution in [3.05, 3.63) is 58.0 Å². The van der Waals surface area contributed by atoms with Crippen LogP contribution in [-0.4, -0.2) is 0 Å². The third-order valence-corrected chi connectivity index (χ3v) is 3.76. The molecular weight excluding hydrogens is 332 g/mol. The third kappa shape index (κ3) is 2.98.